The lowest BCUT2D eigenvalue weighted by molar-refractivity contribution is -0.118. The fourth-order valence-electron chi connectivity index (χ4n) is 4.88. The minimum absolute atomic E-state index is 0.0311. The number of carbonyl (C=O) groups excluding carboxylic acids is 2. The lowest BCUT2D eigenvalue weighted by Gasteiger charge is -2.42. The second-order valence-electron chi connectivity index (χ2n) is 10.2. The van der Waals surface area contributed by atoms with Gasteiger partial charge in [0.25, 0.3) is 0 Å². The summed E-state index contributed by atoms with van der Waals surface area (Å²) < 4.78 is 27.5. The second-order valence-corrected chi connectivity index (χ2v) is 13.7. The van der Waals surface area contributed by atoms with Gasteiger partial charge in [0.2, 0.25) is 11.0 Å². The molecule has 1 unspecified atom stereocenters. The van der Waals surface area contributed by atoms with Crippen LogP contribution < -0.4 is 16.0 Å². The van der Waals surface area contributed by atoms with Gasteiger partial charge in [0.05, 0.1) is 29.0 Å². The first-order valence-corrected chi connectivity index (χ1v) is 14.8. The number of aryl methyl sites for hydroxylation is 1. The average Bonchev–Trinajstić information content (AvgIpc) is 3.52. The van der Waals surface area contributed by atoms with Gasteiger partial charge in [-0.3, -0.25) is 14.5 Å². The van der Waals surface area contributed by atoms with E-state index in [1.165, 1.54) is 11.3 Å². The number of aromatic nitrogens is 2. The first-order chi connectivity index (χ1) is 19.0. The van der Waals surface area contributed by atoms with Crippen LogP contribution in [0.5, 0.6) is 0 Å². The number of allylic oxidation sites excluding steroid dienone is 3. The Kier molecular flexibility index (Phi) is 7.52. The van der Waals surface area contributed by atoms with Crippen LogP contribution >= 0.6 is 34.4 Å². The van der Waals surface area contributed by atoms with Gasteiger partial charge in [0.1, 0.15) is 17.5 Å². The number of thiophene rings is 1. The third-order valence-corrected chi connectivity index (χ3v) is 9.65. The van der Waals surface area contributed by atoms with Gasteiger partial charge in [-0.05, 0) is 43.0 Å². The number of thioether (sulfide) groups is 1. The summed E-state index contributed by atoms with van der Waals surface area (Å²) in [5.41, 5.74) is 7.71. The number of ketones is 1. The predicted molar refractivity (Wildman–Crippen MR) is 152 cm³/mol. The molecule has 0 saturated carbocycles. The van der Waals surface area contributed by atoms with E-state index in [0.717, 1.165) is 45.0 Å². The Morgan fingerprint density at radius 1 is 1.25 bits per heavy atom. The third kappa shape index (κ3) is 5.39. The predicted octanol–water partition coefficient (Wildman–Crippen LogP) is 5.86. The summed E-state index contributed by atoms with van der Waals surface area (Å²) in [7, 11) is 0. The van der Waals surface area contributed by atoms with Gasteiger partial charge in [-0.25, -0.2) is 8.78 Å². The van der Waals surface area contributed by atoms with Crippen molar-refractivity contribution >= 4 is 56.9 Å². The van der Waals surface area contributed by atoms with Crippen LogP contribution in [-0.2, 0) is 9.59 Å². The van der Waals surface area contributed by atoms with Gasteiger partial charge in [-0.15, -0.1) is 21.5 Å². The van der Waals surface area contributed by atoms with Gasteiger partial charge in [0.15, 0.2) is 10.1 Å². The molecule has 1 aromatic carbocycles. The summed E-state index contributed by atoms with van der Waals surface area (Å²) in [5.74, 6) is -2.60. The first-order valence-electron chi connectivity index (χ1n) is 12.2. The number of halogens is 2. The highest BCUT2D eigenvalue weighted by Gasteiger charge is 2.45. The van der Waals surface area contributed by atoms with Crippen molar-refractivity contribution in [2.24, 2.45) is 11.1 Å². The molecule has 8 nitrogen and oxygen atoms in total. The Balaban J connectivity index is 1.44. The van der Waals surface area contributed by atoms with Crippen molar-refractivity contribution in [2.45, 2.75) is 43.9 Å². The molecule has 3 aromatic rings. The molecule has 1 aliphatic heterocycles. The highest BCUT2D eigenvalue weighted by atomic mass is 32.2. The standard InChI is InChI=1S/C27H24F2N6O2S3/c1-13-4-7-20(39-13)22-15(11-30)24(31)35(18-9-27(2,3)10-19(36)23(18)22)25-33-34-26(40-25)38-12-21(37)32-17-6-5-14(28)8-16(17)29/h4-8,22H,9-10,12,31H2,1-3H3,(H,32,37). The van der Waals surface area contributed by atoms with Crippen LogP contribution in [0.15, 0.2) is 57.3 Å². The molecule has 206 valence electrons. The van der Waals surface area contributed by atoms with Crippen LogP contribution in [0.2, 0.25) is 0 Å². The maximum atomic E-state index is 13.9. The van der Waals surface area contributed by atoms with Crippen LogP contribution in [0.1, 0.15) is 42.4 Å². The molecule has 1 aliphatic carbocycles. The minimum Gasteiger partial charge on any atom is -0.384 e. The molecule has 1 atom stereocenters. The van der Waals surface area contributed by atoms with Gasteiger partial charge >= 0.3 is 0 Å². The van der Waals surface area contributed by atoms with E-state index in [9.17, 15) is 23.6 Å². The molecule has 5 rings (SSSR count). The highest BCUT2D eigenvalue weighted by molar-refractivity contribution is 8.01. The number of benzene rings is 1. The normalized spacial score (nSPS) is 18.6. The van der Waals surface area contributed by atoms with Crippen LogP contribution in [0.25, 0.3) is 0 Å². The number of Topliss-reactive ketones (excluding diaryl/α,β-unsaturated/α-hetero) is 1. The summed E-state index contributed by atoms with van der Waals surface area (Å²) in [5, 5.41) is 21.4. The second kappa shape index (κ2) is 10.8. The summed E-state index contributed by atoms with van der Waals surface area (Å²) in [6.07, 6.45) is 0.891. The molecule has 0 spiro atoms. The third-order valence-electron chi connectivity index (χ3n) is 6.55. The van der Waals surface area contributed by atoms with Crippen LogP contribution in [0.3, 0.4) is 0 Å². The van der Waals surface area contributed by atoms with Gasteiger partial charge in [0, 0.05) is 33.5 Å². The molecular weight excluding hydrogens is 575 g/mol. The van der Waals surface area contributed by atoms with E-state index in [1.54, 1.807) is 4.90 Å². The van der Waals surface area contributed by atoms with Crippen LogP contribution in [-0.4, -0.2) is 27.6 Å². The Labute approximate surface area is 241 Å². The van der Waals surface area contributed by atoms with Crippen molar-refractivity contribution in [3.63, 3.8) is 0 Å². The Hall–Kier alpha value is -3.60. The number of nitrogens with two attached hydrogens (primary N) is 1. The monoisotopic (exact) mass is 598 g/mol. The van der Waals surface area contributed by atoms with Gasteiger partial charge in [-0.2, -0.15) is 5.26 Å². The maximum Gasteiger partial charge on any atom is 0.234 e. The molecule has 0 radical (unpaired) electrons. The Morgan fingerprint density at radius 3 is 2.70 bits per heavy atom. The number of nitrogens with zero attached hydrogens (tertiary/aromatic N) is 4. The largest absolute Gasteiger partial charge is 0.384 e. The minimum atomic E-state index is -0.873. The quantitative estimate of drug-likeness (QED) is 0.338. The lowest BCUT2D eigenvalue weighted by Crippen LogP contribution is -2.42. The molecule has 3 heterocycles. The van der Waals surface area contributed by atoms with Crippen molar-refractivity contribution in [1.82, 2.24) is 10.2 Å². The molecule has 13 heteroatoms. The number of anilines is 2. The molecule has 0 fully saturated rings. The van der Waals surface area contributed by atoms with Crippen LogP contribution in [0.4, 0.5) is 19.6 Å². The van der Waals surface area contributed by atoms with E-state index in [2.05, 4.69) is 21.6 Å². The molecule has 2 aromatic heterocycles. The maximum absolute atomic E-state index is 13.9. The zero-order chi connectivity index (χ0) is 28.8. The first kappa shape index (κ1) is 27.9. The van der Waals surface area contributed by atoms with Gasteiger partial charge in [-0.1, -0.05) is 36.9 Å². The molecule has 0 saturated heterocycles. The summed E-state index contributed by atoms with van der Waals surface area (Å²) in [4.78, 5) is 29.6. The summed E-state index contributed by atoms with van der Waals surface area (Å²) in [6.45, 7) is 6.00. The van der Waals surface area contributed by atoms with Crippen molar-refractivity contribution in [2.75, 3.05) is 16.0 Å². The van der Waals surface area contributed by atoms with E-state index >= 15 is 0 Å². The van der Waals surface area contributed by atoms with E-state index < -0.39 is 23.5 Å². The Bertz CT molecular complexity index is 1630. The Morgan fingerprint density at radius 2 is 2.02 bits per heavy atom. The fourth-order valence-corrected chi connectivity index (χ4v) is 7.55. The molecule has 1 amide bonds. The number of hydrogen-bond donors (Lipinski definition) is 2. The van der Waals surface area contributed by atoms with E-state index in [1.807, 2.05) is 32.9 Å². The van der Waals surface area contributed by atoms with Crippen LogP contribution in [0, 0.1) is 35.3 Å². The van der Waals surface area contributed by atoms with E-state index in [0.29, 0.717) is 39.6 Å². The van der Waals surface area contributed by atoms with Crippen molar-refractivity contribution in [3.05, 3.63) is 74.4 Å². The average molecular weight is 599 g/mol. The number of amides is 1. The topological polar surface area (TPSA) is 125 Å². The molecule has 40 heavy (non-hydrogen) atoms. The SMILES string of the molecule is Cc1ccc(C2C(C#N)=C(N)N(c3nnc(SCC(=O)Nc4ccc(F)cc4F)s3)C3=C2C(=O)CC(C)(C)C3)s1. The molecule has 3 N–H and O–H groups in total. The summed E-state index contributed by atoms with van der Waals surface area (Å²) >= 11 is 3.78. The number of rotatable bonds is 6. The van der Waals surface area contributed by atoms with E-state index in [-0.39, 0.29) is 34.0 Å². The molecule has 2 aliphatic rings. The number of nitriles is 1. The van der Waals surface area contributed by atoms with Gasteiger partial charge < -0.3 is 11.1 Å². The highest BCUT2D eigenvalue weighted by Crippen LogP contribution is 2.51. The van der Waals surface area contributed by atoms with Crippen molar-refractivity contribution < 1.29 is 18.4 Å². The number of hydrogen-bond acceptors (Lipinski definition) is 10. The van der Waals surface area contributed by atoms with E-state index in [4.69, 9.17) is 5.73 Å². The molecular formula is C27H24F2N6O2S3. The van der Waals surface area contributed by atoms with Crippen molar-refractivity contribution in [1.29, 1.82) is 5.26 Å². The smallest absolute Gasteiger partial charge is 0.234 e. The van der Waals surface area contributed by atoms with Crippen molar-refractivity contribution in [3.8, 4) is 6.07 Å². The zero-order valence-corrected chi connectivity index (χ0v) is 24.2. The fraction of sp³-hybridized carbons (Fsp3) is 0.296. The molecule has 0 bridgehead atoms. The number of carbonyl (C=O) groups is 2. The number of nitrogens with one attached hydrogen (secondary N) is 1. The lowest BCUT2D eigenvalue weighted by atomic mass is 9.70. The summed E-state index contributed by atoms with van der Waals surface area (Å²) in [6, 6.07) is 9.03. The zero-order valence-electron chi connectivity index (χ0n) is 21.7.